The summed E-state index contributed by atoms with van der Waals surface area (Å²) in [7, 11) is 0. The normalized spacial score (nSPS) is 15.1. The van der Waals surface area contributed by atoms with Gasteiger partial charge in [-0.25, -0.2) is 0 Å². The number of rotatable bonds is 4. The first kappa shape index (κ1) is 11.5. The van der Waals surface area contributed by atoms with Crippen LogP contribution in [0.15, 0.2) is 24.3 Å². The van der Waals surface area contributed by atoms with Crippen molar-refractivity contribution in [2.45, 2.75) is 38.6 Å². The molecular formula is C12H18ClN. The van der Waals surface area contributed by atoms with Crippen LogP contribution in [0.25, 0.3) is 0 Å². The van der Waals surface area contributed by atoms with Crippen molar-refractivity contribution in [1.82, 2.24) is 0 Å². The third kappa shape index (κ3) is 3.69. The Bertz CT molecular complexity index is 294. The Morgan fingerprint density at radius 1 is 1.43 bits per heavy atom. The van der Waals surface area contributed by atoms with E-state index in [1.165, 1.54) is 5.56 Å². The molecule has 0 aliphatic carbocycles. The van der Waals surface area contributed by atoms with Crippen molar-refractivity contribution in [1.29, 1.82) is 0 Å². The molecule has 14 heavy (non-hydrogen) atoms. The zero-order valence-electron chi connectivity index (χ0n) is 8.89. The highest BCUT2D eigenvalue weighted by Gasteiger charge is 2.17. The summed E-state index contributed by atoms with van der Waals surface area (Å²) >= 11 is 5.91. The van der Waals surface area contributed by atoms with Gasteiger partial charge in [-0.05, 0) is 37.5 Å². The van der Waals surface area contributed by atoms with Crippen LogP contribution >= 0.6 is 11.6 Å². The van der Waals surface area contributed by atoms with Crippen LogP contribution in [0.1, 0.15) is 32.3 Å². The lowest BCUT2D eigenvalue weighted by Gasteiger charge is -2.24. The first-order chi connectivity index (χ1) is 6.53. The molecule has 0 heterocycles. The Morgan fingerprint density at radius 3 is 2.71 bits per heavy atom. The molecule has 0 fully saturated rings. The van der Waals surface area contributed by atoms with Gasteiger partial charge in [-0.15, -0.1) is 0 Å². The molecule has 2 heteroatoms. The Hall–Kier alpha value is -0.530. The Labute approximate surface area is 91.3 Å². The molecule has 2 N–H and O–H groups in total. The lowest BCUT2D eigenvalue weighted by Crippen LogP contribution is -2.38. The minimum atomic E-state index is -0.112. The summed E-state index contributed by atoms with van der Waals surface area (Å²) in [5.74, 6) is 0. The van der Waals surface area contributed by atoms with Crippen LogP contribution in [0.4, 0.5) is 0 Å². The predicted octanol–water partition coefficient (Wildman–Crippen LogP) is 3.40. The molecule has 1 rings (SSSR count). The van der Waals surface area contributed by atoms with Gasteiger partial charge in [0.1, 0.15) is 0 Å². The van der Waals surface area contributed by atoms with Crippen molar-refractivity contribution in [3.63, 3.8) is 0 Å². The highest BCUT2D eigenvalue weighted by molar-refractivity contribution is 6.30. The first-order valence-electron chi connectivity index (χ1n) is 5.07. The summed E-state index contributed by atoms with van der Waals surface area (Å²) in [5, 5.41) is 0.787. The average Bonchev–Trinajstić information content (AvgIpc) is 2.02. The van der Waals surface area contributed by atoms with E-state index in [9.17, 15) is 0 Å². The van der Waals surface area contributed by atoms with Crippen LogP contribution < -0.4 is 5.73 Å². The van der Waals surface area contributed by atoms with Gasteiger partial charge in [0.05, 0.1) is 0 Å². The molecule has 0 aliphatic rings. The molecule has 0 saturated heterocycles. The highest BCUT2D eigenvalue weighted by atomic mass is 35.5. The molecule has 0 amide bonds. The lowest BCUT2D eigenvalue weighted by atomic mass is 9.90. The third-order valence-electron chi connectivity index (χ3n) is 2.32. The van der Waals surface area contributed by atoms with Gasteiger partial charge in [0.2, 0.25) is 0 Å². The minimum Gasteiger partial charge on any atom is -0.325 e. The Morgan fingerprint density at radius 2 is 2.14 bits per heavy atom. The van der Waals surface area contributed by atoms with Gasteiger partial charge in [-0.3, -0.25) is 0 Å². The molecule has 1 unspecified atom stereocenters. The van der Waals surface area contributed by atoms with Crippen molar-refractivity contribution in [2.24, 2.45) is 5.73 Å². The van der Waals surface area contributed by atoms with E-state index in [4.69, 9.17) is 17.3 Å². The second kappa shape index (κ2) is 4.81. The maximum absolute atomic E-state index is 6.17. The largest absolute Gasteiger partial charge is 0.325 e. The number of halogens is 1. The van der Waals surface area contributed by atoms with Crippen LogP contribution in [0.3, 0.4) is 0 Å². The van der Waals surface area contributed by atoms with Gasteiger partial charge in [0, 0.05) is 10.6 Å². The summed E-state index contributed by atoms with van der Waals surface area (Å²) in [4.78, 5) is 0. The summed E-state index contributed by atoms with van der Waals surface area (Å²) in [6.45, 7) is 4.25. The van der Waals surface area contributed by atoms with Gasteiger partial charge >= 0.3 is 0 Å². The van der Waals surface area contributed by atoms with Gasteiger partial charge in [-0.1, -0.05) is 37.1 Å². The van der Waals surface area contributed by atoms with Gasteiger partial charge < -0.3 is 5.73 Å². The SMILES string of the molecule is CCCC(C)(N)Cc1cccc(Cl)c1. The van der Waals surface area contributed by atoms with Crippen molar-refractivity contribution in [2.75, 3.05) is 0 Å². The highest BCUT2D eigenvalue weighted by Crippen LogP contribution is 2.18. The van der Waals surface area contributed by atoms with Crippen LogP contribution in [-0.4, -0.2) is 5.54 Å². The van der Waals surface area contributed by atoms with Crippen LogP contribution in [0.5, 0.6) is 0 Å². The van der Waals surface area contributed by atoms with E-state index in [1.807, 2.05) is 18.2 Å². The molecule has 0 radical (unpaired) electrons. The van der Waals surface area contributed by atoms with E-state index in [-0.39, 0.29) is 5.54 Å². The molecule has 1 aromatic rings. The molecule has 0 saturated carbocycles. The van der Waals surface area contributed by atoms with Crippen LogP contribution in [0.2, 0.25) is 5.02 Å². The van der Waals surface area contributed by atoms with Gasteiger partial charge in [0.25, 0.3) is 0 Å². The third-order valence-corrected chi connectivity index (χ3v) is 2.55. The summed E-state index contributed by atoms with van der Waals surface area (Å²) < 4.78 is 0. The Kier molecular flexibility index (Phi) is 3.97. The second-order valence-corrected chi connectivity index (χ2v) is 4.65. The van der Waals surface area contributed by atoms with Crippen molar-refractivity contribution >= 4 is 11.6 Å². The molecule has 78 valence electrons. The quantitative estimate of drug-likeness (QED) is 0.812. The van der Waals surface area contributed by atoms with E-state index in [0.717, 1.165) is 24.3 Å². The predicted molar refractivity (Wildman–Crippen MR) is 62.7 cm³/mol. The van der Waals surface area contributed by atoms with E-state index in [2.05, 4.69) is 19.9 Å². The molecular weight excluding hydrogens is 194 g/mol. The smallest absolute Gasteiger partial charge is 0.0408 e. The van der Waals surface area contributed by atoms with Crippen LogP contribution in [-0.2, 0) is 6.42 Å². The monoisotopic (exact) mass is 211 g/mol. The van der Waals surface area contributed by atoms with Crippen molar-refractivity contribution < 1.29 is 0 Å². The molecule has 0 bridgehead atoms. The van der Waals surface area contributed by atoms with E-state index in [1.54, 1.807) is 0 Å². The summed E-state index contributed by atoms with van der Waals surface area (Å²) in [5.41, 5.74) is 7.27. The number of nitrogens with two attached hydrogens (primary N) is 1. The molecule has 0 aliphatic heterocycles. The maximum Gasteiger partial charge on any atom is 0.0408 e. The van der Waals surface area contributed by atoms with Crippen molar-refractivity contribution in [3.8, 4) is 0 Å². The molecule has 0 spiro atoms. The topological polar surface area (TPSA) is 26.0 Å². The standard InChI is InChI=1S/C12H18ClN/c1-3-7-12(2,14)9-10-5-4-6-11(13)8-10/h4-6,8H,3,7,9,14H2,1-2H3. The second-order valence-electron chi connectivity index (χ2n) is 4.21. The van der Waals surface area contributed by atoms with Gasteiger partial charge in [-0.2, -0.15) is 0 Å². The zero-order valence-corrected chi connectivity index (χ0v) is 9.64. The Balaban J connectivity index is 2.68. The maximum atomic E-state index is 6.17. The number of hydrogen-bond acceptors (Lipinski definition) is 1. The number of benzene rings is 1. The fourth-order valence-corrected chi connectivity index (χ4v) is 1.99. The average molecular weight is 212 g/mol. The first-order valence-corrected chi connectivity index (χ1v) is 5.44. The summed E-state index contributed by atoms with van der Waals surface area (Å²) in [6.07, 6.45) is 3.05. The van der Waals surface area contributed by atoms with Crippen LogP contribution in [0, 0.1) is 0 Å². The minimum absolute atomic E-state index is 0.112. The van der Waals surface area contributed by atoms with Crippen molar-refractivity contribution in [3.05, 3.63) is 34.9 Å². The van der Waals surface area contributed by atoms with Gasteiger partial charge in [0.15, 0.2) is 0 Å². The molecule has 1 aromatic carbocycles. The van der Waals surface area contributed by atoms with E-state index in [0.29, 0.717) is 0 Å². The molecule has 0 aromatic heterocycles. The molecule has 1 atom stereocenters. The van der Waals surface area contributed by atoms with E-state index >= 15 is 0 Å². The molecule has 1 nitrogen and oxygen atoms in total. The summed E-state index contributed by atoms with van der Waals surface area (Å²) in [6, 6.07) is 7.92. The fourth-order valence-electron chi connectivity index (χ4n) is 1.77. The lowest BCUT2D eigenvalue weighted by molar-refractivity contribution is 0.425. The van der Waals surface area contributed by atoms with E-state index < -0.39 is 0 Å². The number of hydrogen-bond donors (Lipinski definition) is 1. The zero-order chi connectivity index (χ0) is 10.6. The fraction of sp³-hybridized carbons (Fsp3) is 0.500.